The second-order valence-electron chi connectivity index (χ2n) is 5.80. The second kappa shape index (κ2) is 6.60. The Morgan fingerprint density at radius 1 is 1.30 bits per heavy atom. The van der Waals surface area contributed by atoms with Crippen LogP contribution in [0.4, 0.5) is 0 Å². The number of nitrogens with zero attached hydrogens (tertiary/aromatic N) is 1. The molecule has 6 heteroatoms. The predicted octanol–water partition coefficient (Wildman–Crippen LogP) is 2.05. The van der Waals surface area contributed by atoms with Gasteiger partial charge in [-0.2, -0.15) is 0 Å². The van der Waals surface area contributed by atoms with Crippen molar-refractivity contribution in [2.75, 3.05) is 34.5 Å². The predicted molar refractivity (Wildman–Crippen MR) is 87.0 cm³/mol. The molecule has 0 spiro atoms. The first-order chi connectivity index (χ1) is 11.2. The van der Waals surface area contributed by atoms with Gasteiger partial charge < -0.3 is 24.1 Å². The monoisotopic (exact) mass is 318 g/mol. The van der Waals surface area contributed by atoms with E-state index in [-0.39, 0.29) is 18.1 Å². The highest BCUT2D eigenvalue weighted by molar-refractivity contribution is 5.98. The summed E-state index contributed by atoms with van der Waals surface area (Å²) >= 11 is 0. The molecule has 2 aromatic rings. The van der Waals surface area contributed by atoms with Gasteiger partial charge in [0, 0.05) is 31.7 Å². The average Bonchev–Trinajstić information content (AvgIpc) is 3.17. The Morgan fingerprint density at radius 3 is 2.83 bits per heavy atom. The van der Waals surface area contributed by atoms with Crippen LogP contribution in [0.15, 0.2) is 24.3 Å². The minimum absolute atomic E-state index is 0.0261. The molecule has 1 fully saturated rings. The normalized spacial score (nSPS) is 21.1. The number of H-pyrrole nitrogens is 1. The van der Waals surface area contributed by atoms with Gasteiger partial charge in [0.2, 0.25) is 0 Å². The van der Waals surface area contributed by atoms with Crippen LogP contribution in [-0.2, 0) is 9.47 Å². The summed E-state index contributed by atoms with van der Waals surface area (Å²) in [7, 11) is 4.96. The van der Waals surface area contributed by atoms with Crippen LogP contribution in [0.1, 0.15) is 16.9 Å². The molecule has 1 amide bonds. The molecule has 23 heavy (non-hydrogen) atoms. The Labute approximate surface area is 135 Å². The molecule has 6 nitrogen and oxygen atoms in total. The summed E-state index contributed by atoms with van der Waals surface area (Å²) in [6.45, 7) is 1.10. The van der Waals surface area contributed by atoms with Gasteiger partial charge in [-0.1, -0.05) is 0 Å². The maximum atomic E-state index is 12.9. The molecule has 0 saturated carbocycles. The molecule has 1 N–H and O–H groups in total. The molecule has 3 rings (SSSR count). The van der Waals surface area contributed by atoms with Crippen molar-refractivity contribution in [1.29, 1.82) is 0 Å². The van der Waals surface area contributed by atoms with Gasteiger partial charge in [-0.25, -0.2) is 0 Å². The third-order valence-corrected chi connectivity index (χ3v) is 4.39. The number of rotatable bonds is 5. The molecule has 2 heterocycles. The molecule has 0 unspecified atom stereocenters. The first-order valence-corrected chi connectivity index (χ1v) is 7.65. The zero-order chi connectivity index (χ0) is 16.4. The number of methoxy groups -OCH3 is 3. The number of amides is 1. The quantitative estimate of drug-likeness (QED) is 0.916. The van der Waals surface area contributed by atoms with Gasteiger partial charge in [0.05, 0.1) is 25.9 Å². The van der Waals surface area contributed by atoms with Gasteiger partial charge in [-0.3, -0.25) is 4.79 Å². The summed E-state index contributed by atoms with van der Waals surface area (Å²) in [4.78, 5) is 17.9. The van der Waals surface area contributed by atoms with Crippen molar-refractivity contribution in [3.05, 3.63) is 30.0 Å². The molecule has 1 saturated heterocycles. The van der Waals surface area contributed by atoms with Crippen molar-refractivity contribution in [2.45, 2.75) is 18.6 Å². The third-order valence-electron chi connectivity index (χ3n) is 4.39. The molecule has 1 aromatic carbocycles. The van der Waals surface area contributed by atoms with Crippen LogP contribution >= 0.6 is 0 Å². The van der Waals surface area contributed by atoms with Gasteiger partial charge in [-0.15, -0.1) is 0 Å². The van der Waals surface area contributed by atoms with Gasteiger partial charge in [0.15, 0.2) is 0 Å². The first kappa shape index (κ1) is 15.8. The van der Waals surface area contributed by atoms with Gasteiger partial charge in [-0.05, 0) is 30.7 Å². The number of hydrogen-bond donors (Lipinski definition) is 1. The minimum Gasteiger partial charge on any atom is -0.497 e. The zero-order valence-corrected chi connectivity index (χ0v) is 13.7. The number of aromatic amines is 1. The lowest BCUT2D eigenvalue weighted by molar-refractivity contribution is 0.0607. The molecule has 2 atom stereocenters. The van der Waals surface area contributed by atoms with E-state index in [0.29, 0.717) is 18.8 Å². The smallest absolute Gasteiger partial charge is 0.270 e. The fourth-order valence-corrected chi connectivity index (χ4v) is 3.15. The summed E-state index contributed by atoms with van der Waals surface area (Å²) in [5.41, 5.74) is 1.49. The Bertz CT molecular complexity index is 697. The maximum Gasteiger partial charge on any atom is 0.270 e. The van der Waals surface area contributed by atoms with Crippen molar-refractivity contribution in [1.82, 2.24) is 9.88 Å². The molecule has 1 aromatic heterocycles. The van der Waals surface area contributed by atoms with Crippen LogP contribution in [0.25, 0.3) is 10.9 Å². The van der Waals surface area contributed by atoms with Crippen molar-refractivity contribution in [3.8, 4) is 5.75 Å². The summed E-state index contributed by atoms with van der Waals surface area (Å²) < 4.78 is 15.9. The summed E-state index contributed by atoms with van der Waals surface area (Å²) in [5, 5.41) is 0.957. The van der Waals surface area contributed by atoms with Crippen LogP contribution in [-0.4, -0.2) is 62.4 Å². The highest BCUT2D eigenvalue weighted by atomic mass is 16.5. The zero-order valence-electron chi connectivity index (χ0n) is 13.7. The van der Waals surface area contributed by atoms with Gasteiger partial charge in [0.1, 0.15) is 11.4 Å². The molecule has 124 valence electrons. The number of hydrogen-bond acceptors (Lipinski definition) is 4. The Hall–Kier alpha value is -2.05. The van der Waals surface area contributed by atoms with Crippen LogP contribution in [0.5, 0.6) is 5.75 Å². The van der Waals surface area contributed by atoms with E-state index >= 15 is 0 Å². The SMILES string of the molecule is COC[C@@H]1C[C@@H](OC)CN1C(=O)c1cc2cc(OC)ccc2[nH]1. The molecular formula is C17H22N2O4. The number of likely N-dealkylation sites (tertiary alicyclic amines) is 1. The van der Waals surface area contributed by atoms with Crippen molar-refractivity contribution in [2.24, 2.45) is 0 Å². The number of fused-ring (bicyclic) bond motifs is 1. The van der Waals surface area contributed by atoms with Crippen LogP contribution in [0, 0.1) is 0 Å². The fraction of sp³-hybridized carbons (Fsp3) is 0.471. The lowest BCUT2D eigenvalue weighted by atomic mass is 10.2. The minimum atomic E-state index is -0.0261. The number of carbonyl (C=O) groups is 1. The van der Waals surface area contributed by atoms with E-state index in [0.717, 1.165) is 23.1 Å². The maximum absolute atomic E-state index is 12.9. The van der Waals surface area contributed by atoms with E-state index in [4.69, 9.17) is 14.2 Å². The molecule has 0 radical (unpaired) electrons. The van der Waals surface area contributed by atoms with E-state index < -0.39 is 0 Å². The van der Waals surface area contributed by atoms with E-state index in [1.165, 1.54) is 0 Å². The van der Waals surface area contributed by atoms with Crippen LogP contribution < -0.4 is 4.74 Å². The van der Waals surface area contributed by atoms with Gasteiger partial charge >= 0.3 is 0 Å². The van der Waals surface area contributed by atoms with Crippen molar-refractivity contribution >= 4 is 16.8 Å². The number of nitrogens with one attached hydrogen (secondary N) is 1. The number of carbonyl (C=O) groups excluding carboxylic acids is 1. The highest BCUT2D eigenvalue weighted by Crippen LogP contribution is 2.25. The molecule has 1 aliphatic heterocycles. The van der Waals surface area contributed by atoms with E-state index in [1.807, 2.05) is 29.2 Å². The van der Waals surface area contributed by atoms with Crippen molar-refractivity contribution in [3.63, 3.8) is 0 Å². The second-order valence-corrected chi connectivity index (χ2v) is 5.80. The molecular weight excluding hydrogens is 296 g/mol. The molecule has 0 bridgehead atoms. The fourth-order valence-electron chi connectivity index (χ4n) is 3.15. The van der Waals surface area contributed by atoms with E-state index in [2.05, 4.69) is 4.98 Å². The van der Waals surface area contributed by atoms with Gasteiger partial charge in [0.25, 0.3) is 5.91 Å². The van der Waals surface area contributed by atoms with E-state index in [1.54, 1.807) is 21.3 Å². The Kier molecular flexibility index (Phi) is 4.54. The lowest BCUT2D eigenvalue weighted by Gasteiger charge is -2.23. The van der Waals surface area contributed by atoms with E-state index in [9.17, 15) is 4.79 Å². The number of aromatic nitrogens is 1. The summed E-state index contributed by atoms with van der Waals surface area (Å²) in [5.74, 6) is 0.746. The highest BCUT2D eigenvalue weighted by Gasteiger charge is 2.36. The number of ether oxygens (including phenoxy) is 3. The third kappa shape index (κ3) is 3.04. The molecule has 1 aliphatic rings. The summed E-state index contributed by atoms with van der Waals surface area (Å²) in [6.07, 6.45) is 0.855. The molecule has 0 aliphatic carbocycles. The summed E-state index contributed by atoms with van der Waals surface area (Å²) in [6, 6.07) is 7.61. The average molecular weight is 318 g/mol. The van der Waals surface area contributed by atoms with Crippen LogP contribution in [0.2, 0.25) is 0 Å². The number of benzene rings is 1. The van der Waals surface area contributed by atoms with Crippen LogP contribution in [0.3, 0.4) is 0 Å². The standard InChI is InChI=1S/C17H22N2O4/c1-21-10-12-8-14(23-3)9-19(12)17(20)16-7-11-6-13(22-2)4-5-15(11)18-16/h4-7,12,14,18H,8-10H2,1-3H3/t12-,14+/m0/s1. The largest absolute Gasteiger partial charge is 0.497 e. The van der Waals surface area contributed by atoms with Crippen molar-refractivity contribution < 1.29 is 19.0 Å². The topological polar surface area (TPSA) is 63.8 Å². The Morgan fingerprint density at radius 2 is 2.13 bits per heavy atom. The first-order valence-electron chi connectivity index (χ1n) is 7.65. The lowest BCUT2D eigenvalue weighted by Crippen LogP contribution is -2.38. The Balaban J connectivity index is 1.86.